The molecular weight excluding hydrogens is 362 g/mol. The molecule has 5 nitrogen and oxygen atoms in total. The summed E-state index contributed by atoms with van der Waals surface area (Å²) < 4.78 is 0. The van der Waals surface area contributed by atoms with Crippen molar-refractivity contribution in [2.24, 2.45) is 17.8 Å². The zero-order chi connectivity index (χ0) is 20.0. The minimum atomic E-state index is -0.128. The summed E-state index contributed by atoms with van der Waals surface area (Å²) in [5, 5.41) is 3.52. The van der Waals surface area contributed by atoms with Crippen molar-refractivity contribution in [3.63, 3.8) is 0 Å². The number of piperazine rings is 1. The number of nitrogens with zero attached hydrogens (tertiary/aromatic N) is 2. The van der Waals surface area contributed by atoms with E-state index in [0.29, 0.717) is 13.1 Å². The number of carbonyl (C=O) groups excluding carboxylic acids is 2. The number of hydrogen-bond acceptors (Lipinski definition) is 3. The molecule has 0 radical (unpaired) electrons. The van der Waals surface area contributed by atoms with E-state index in [1.807, 2.05) is 42.2 Å². The third-order valence-corrected chi connectivity index (χ3v) is 7.98. The highest BCUT2D eigenvalue weighted by Crippen LogP contribution is 2.55. The Morgan fingerprint density at radius 3 is 2.03 bits per heavy atom. The lowest BCUT2D eigenvalue weighted by molar-refractivity contribution is -0.132. The van der Waals surface area contributed by atoms with E-state index in [0.717, 1.165) is 36.4 Å². The van der Waals surface area contributed by atoms with Gasteiger partial charge in [0.25, 0.3) is 5.91 Å². The smallest absolute Gasteiger partial charge is 0.253 e. The van der Waals surface area contributed by atoms with Crippen LogP contribution >= 0.6 is 0 Å². The van der Waals surface area contributed by atoms with Crippen LogP contribution in [-0.4, -0.2) is 59.4 Å². The molecule has 1 aromatic rings. The van der Waals surface area contributed by atoms with Crippen molar-refractivity contribution in [2.75, 3.05) is 26.2 Å². The lowest BCUT2D eigenvalue weighted by Gasteiger charge is -2.57. The van der Waals surface area contributed by atoms with E-state index < -0.39 is 0 Å². The van der Waals surface area contributed by atoms with Gasteiger partial charge in [0.05, 0.1) is 6.04 Å². The molecule has 0 spiro atoms. The Kier molecular flexibility index (Phi) is 4.89. The van der Waals surface area contributed by atoms with Crippen molar-refractivity contribution >= 4 is 11.8 Å². The second-order valence-electron chi connectivity index (χ2n) is 10.1. The van der Waals surface area contributed by atoms with Gasteiger partial charge in [-0.05, 0) is 75.3 Å². The molecule has 1 aliphatic heterocycles. The highest BCUT2D eigenvalue weighted by molar-refractivity contribution is 5.94. The fraction of sp³-hybridized carbons (Fsp3) is 0.667. The molecule has 29 heavy (non-hydrogen) atoms. The molecule has 5 heteroatoms. The van der Waals surface area contributed by atoms with Crippen LogP contribution < -0.4 is 5.32 Å². The maximum Gasteiger partial charge on any atom is 0.253 e. The first-order valence-corrected chi connectivity index (χ1v) is 11.4. The third-order valence-electron chi connectivity index (χ3n) is 7.98. The van der Waals surface area contributed by atoms with E-state index in [9.17, 15) is 9.59 Å². The van der Waals surface area contributed by atoms with Crippen LogP contribution in [0.1, 0.15) is 55.8 Å². The van der Waals surface area contributed by atoms with Crippen molar-refractivity contribution in [2.45, 2.75) is 57.0 Å². The molecule has 5 fully saturated rings. The molecule has 1 unspecified atom stereocenters. The molecule has 4 aliphatic carbocycles. The molecule has 1 saturated heterocycles. The van der Waals surface area contributed by atoms with Gasteiger partial charge in [-0.1, -0.05) is 18.2 Å². The van der Waals surface area contributed by atoms with Crippen LogP contribution in [0.15, 0.2) is 30.3 Å². The zero-order valence-electron chi connectivity index (χ0n) is 17.5. The predicted octanol–water partition coefficient (Wildman–Crippen LogP) is 2.92. The number of benzene rings is 1. The van der Waals surface area contributed by atoms with Crippen molar-refractivity contribution in [3.05, 3.63) is 35.9 Å². The second-order valence-corrected chi connectivity index (χ2v) is 10.1. The Morgan fingerprint density at radius 2 is 1.48 bits per heavy atom. The first-order chi connectivity index (χ1) is 14.0. The summed E-state index contributed by atoms with van der Waals surface area (Å²) in [6, 6.07) is 9.35. The van der Waals surface area contributed by atoms with E-state index in [1.54, 1.807) is 0 Å². The van der Waals surface area contributed by atoms with Gasteiger partial charge >= 0.3 is 0 Å². The van der Waals surface area contributed by atoms with Crippen LogP contribution in [0, 0.1) is 17.8 Å². The Bertz CT molecular complexity index is 734. The van der Waals surface area contributed by atoms with E-state index in [2.05, 4.69) is 10.2 Å². The van der Waals surface area contributed by atoms with Gasteiger partial charge in [-0.15, -0.1) is 0 Å². The molecule has 1 atom stereocenters. The monoisotopic (exact) mass is 395 g/mol. The second kappa shape index (κ2) is 7.42. The van der Waals surface area contributed by atoms with E-state index in [1.165, 1.54) is 38.5 Å². The molecule has 1 heterocycles. The maximum absolute atomic E-state index is 13.1. The summed E-state index contributed by atoms with van der Waals surface area (Å²) in [7, 11) is 0. The average molecular weight is 396 g/mol. The largest absolute Gasteiger partial charge is 0.349 e. The van der Waals surface area contributed by atoms with Crippen molar-refractivity contribution in [1.82, 2.24) is 15.1 Å². The Hall–Kier alpha value is -1.88. The number of nitrogens with one attached hydrogen (secondary N) is 1. The first kappa shape index (κ1) is 19.1. The highest BCUT2D eigenvalue weighted by atomic mass is 16.2. The molecule has 1 N–H and O–H groups in total. The van der Waals surface area contributed by atoms with Crippen LogP contribution in [0.25, 0.3) is 0 Å². The predicted molar refractivity (Wildman–Crippen MR) is 112 cm³/mol. The molecule has 2 amide bonds. The van der Waals surface area contributed by atoms with Crippen LogP contribution in [0.2, 0.25) is 0 Å². The Labute approximate surface area is 173 Å². The molecule has 5 aliphatic rings. The van der Waals surface area contributed by atoms with Gasteiger partial charge in [-0.25, -0.2) is 0 Å². The molecule has 6 rings (SSSR count). The van der Waals surface area contributed by atoms with E-state index in [4.69, 9.17) is 0 Å². The maximum atomic E-state index is 13.1. The lowest BCUT2D eigenvalue weighted by atomic mass is 9.53. The lowest BCUT2D eigenvalue weighted by Crippen LogP contribution is -2.63. The summed E-state index contributed by atoms with van der Waals surface area (Å²) >= 11 is 0. The molecule has 0 aromatic heterocycles. The minimum Gasteiger partial charge on any atom is -0.349 e. The fourth-order valence-corrected chi connectivity index (χ4v) is 6.87. The summed E-state index contributed by atoms with van der Waals surface area (Å²) in [5.41, 5.74) is 0.819. The molecule has 4 saturated carbocycles. The van der Waals surface area contributed by atoms with Gasteiger partial charge in [-0.2, -0.15) is 0 Å². The molecule has 1 aromatic carbocycles. The van der Waals surface area contributed by atoms with E-state index >= 15 is 0 Å². The fourth-order valence-electron chi connectivity index (χ4n) is 6.87. The van der Waals surface area contributed by atoms with Gasteiger partial charge < -0.3 is 10.2 Å². The molecule has 4 bridgehead atoms. The van der Waals surface area contributed by atoms with Crippen molar-refractivity contribution in [3.8, 4) is 0 Å². The minimum absolute atomic E-state index is 0.0746. The Balaban J connectivity index is 1.16. The SMILES string of the molecule is CC(C(=O)NC12CC3CC(CC(C3)C1)C2)N1CCN(C(=O)c2ccccc2)CC1. The van der Waals surface area contributed by atoms with Crippen LogP contribution in [0.5, 0.6) is 0 Å². The van der Waals surface area contributed by atoms with Crippen molar-refractivity contribution < 1.29 is 9.59 Å². The third kappa shape index (κ3) is 3.70. The first-order valence-electron chi connectivity index (χ1n) is 11.4. The van der Waals surface area contributed by atoms with Crippen LogP contribution in [0.4, 0.5) is 0 Å². The molecular formula is C24H33N3O2. The van der Waals surface area contributed by atoms with Gasteiger partial charge in [-0.3, -0.25) is 14.5 Å². The normalized spacial score (nSPS) is 34.8. The van der Waals surface area contributed by atoms with Gasteiger partial charge in [0.15, 0.2) is 0 Å². The van der Waals surface area contributed by atoms with Crippen LogP contribution in [-0.2, 0) is 4.79 Å². The highest BCUT2D eigenvalue weighted by Gasteiger charge is 2.51. The summed E-state index contributed by atoms with van der Waals surface area (Å²) in [6.45, 7) is 4.91. The standard InChI is InChI=1S/C24H33N3O2/c1-17(22(28)25-24-14-18-11-19(15-24)13-20(12-18)16-24)26-7-9-27(10-8-26)23(29)21-5-3-2-4-6-21/h2-6,17-20H,7-16H2,1H3,(H,25,28). The number of carbonyl (C=O) groups is 2. The number of hydrogen-bond donors (Lipinski definition) is 1. The average Bonchev–Trinajstić information content (AvgIpc) is 2.72. The van der Waals surface area contributed by atoms with Gasteiger partial charge in [0.1, 0.15) is 0 Å². The Morgan fingerprint density at radius 1 is 0.931 bits per heavy atom. The topological polar surface area (TPSA) is 52.7 Å². The van der Waals surface area contributed by atoms with Gasteiger partial charge in [0.2, 0.25) is 5.91 Å². The number of amides is 2. The summed E-state index contributed by atoms with van der Waals surface area (Å²) in [6.07, 6.45) is 7.75. The number of rotatable bonds is 4. The quantitative estimate of drug-likeness (QED) is 0.853. The summed E-state index contributed by atoms with van der Waals surface area (Å²) in [4.78, 5) is 29.9. The summed E-state index contributed by atoms with van der Waals surface area (Å²) in [5.74, 6) is 2.80. The van der Waals surface area contributed by atoms with E-state index in [-0.39, 0.29) is 23.4 Å². The zero-order valence-corrected chi connectivity index (χ0v) is 17.5. The van der Waals surface area contributed by atoms with Crippen LogP contribution in [0.3, 0.4) is 0 Å². The van der Waals surface area contributed by atoms with Crippen molar-refractivity contribution in [1.29, 1.82) is 0 Å². The van der Waals surface area contributed by atoms with Gasteiger partial charge in [0, 0.05) is 37.3 Å². The molecule has 156 valence electrons.